The van der Waals surface area contributed by atoms with Crippen LogP contribution in [0.15, 0.2) is 18.2 Å². The molecule has 1 aromatic rings. The van der Waals surface area contributed by atoms with Crippen LogP contribution in [0.2, 0.25) is 5.02 Å². The number of ether oxygens (including phenoxy) is 1. The van der Waals surface area contributed by atoms with Crippen LogP contribution in [0.5, 0.6) is 5.75 Å². The van der Waals surface area contributed by atoms with E-state index in [0.717, 1.165) is 12.1 Å². The van der Waals surface area contributed by atoms with Gasteiger partial charge in [-0.3, -0.25) is 4.79 Å². The molecule has 0 fully saturated rings. The van der Waals surface area contributed by atoms with Crippen LogP contribution in [0.3, 0.4) is 0 Å². The first kappa shape index (κ1) is 12.7. The molecular formula is C10H9ClF2O3. The fraction of sp³-hybridized carbons (Fsp3) is 0.300. The lowest BCUT2D eigenvalue weighted by atomic mass is 10.1. The van der Waals surface area contributed by atoms with E-state index in [1.165, 1.54) is 13.2 Å². The molecule has 3 nitrogen and oxygen atoms in total. The van der Waals surface area contributed by atoms with Gasteiger partial charge in [0.1, 0.15) is 12.2 Å². The van der Waals surface area contributed by atoms with Gasteiger partial charge in [0.05, 0.1) is 12.1 Å². The zero-order valence-corrected chi connectivity index (χ0v) is 9.09. The van der Waals surface area contributed by atoms with E-state index in [1.807, 2.05) is 0 Å². The third-order valence-electron chi connectivity index (χ3n) is 1.95. The molecule has 0 heterocycles. The Labute approximate surface area is 95.6 Å². The number of benzene rings is 1. The maximum Gasteiger partial charge on any atom is 0.309 e. The summed E-state index contributed by atoms with van der Waals surface area (Å²) in [5.41, 5.74) is -0.444. The van der Waals surface area contributed by atoms with Crippen molar-refractivity contribution in [3.63, 3.8) is 0 Å². The number of carboxylic acids is 1. The Hall–Kier alpha value is -1.36. The molecule has 0 saturated carbocycles. The molecule has 0 aromatic heterocycles. The van der Waals surface area contributed by atoms with E-state index in [9.17, 15) is 13.6 Å². The topological polar surface area (TPSA) is 46.5 Å². The van der Waals surface area contributed by atoms with Crippen LogP contribution in [-0.4, -0.2) is 18.2 Å². The summed E-state index contributed by atoms with van der Waals surface area (Å²) in [7, 11) is 1.36. The third-order valence-corrected chi connectivity index (χ3v) is 2.24. The van der Waals surface area contributed by atoms with Crippen molar-refractivity contribution in [3.8, 4) is 5.75 Å². The van der Waals surface area contributed by atoms with Crippen LogP contribution in [0.4, 0.5) is 8.78 Å². The average Bonchev–Trinajstić information content (AvgIpc) is 2.15. The second kappa shape index (κ2) is 4.65. The van der Waals surface area contributed by atoms with Crippen LogP contribution in [0.25, 0.3) is 0 Å². The molecule has 1 N–H and O–H groups in total. The highest BCUT2D eigenvalue weighted by molar-refractivity contribution is 6.32. The Balaban J connectivity index is 3.04. The lowest BCUT2D eigenvalue weighted by molar-refractivity contribution is -0.145. The normalized spacial score (nSPS) is 11.2. The van der Waals surface area contributed by atoms with Crippen LogP contribution in [0.1, 0.15) is 12.0 Å². The minimum Gasteiger partial charge on any atom is -0.495 e. The quantitative estimate of drug-likeness (QED) is 0.894. The Morgan fingerprint density at radius 3 is 2.62 bits per heavy atom. The number of halogens is 3. The second-order valence-electron chi connectivity index (χ2n) is 3.12. The Morgan fingerprint density at radius 1 is 1.56 bits per heavy atom. The van der Waals surface area contributed by atoms with Gasteiger partial charge >= 0.3 is 5.97 Å². The zero-order chi connectivity index (χ0) is 12.3. The van der Waals surface area contributed by atoms with E-state index in [1.54, 1.807) is 0 Å². The van der Waals surface area contributed by atoms with Gasteiger partial charge in [0.25, 0.3) is 5.92 Å². The Kier molecular flexibility index (Phi) is 3.70. The standard InChI is InChI=1S/C10H9ClF2O3/c1-16-8-3-2-6(4-7(8)11)10(12,13)5-9(14)15/h2-4H,5H2,1H3,(H,14,15). The van der Waals surface area contributed by atoms with Crippen molar-refractivity contribution in [3.05, 3.63) is 28.8 Å². The van der Waals surface area contributed by atoms with Crippen molar-refractivity contribution < 1.29 is 23.4 Å². The SMILES string of the molecule is COc1ccc(C(F)(F)CC(=O)O)cc1Cl. The lowest BCUT2D eigenvalue weighted by Gasteiger charge is -2.15. The van der Waals surface area contributed by atoms with E-state index >= 15 is 0 Å². The van der Waals surface area contributed by atoms with Gasteiger partial charge in [0.15, 0.2) is 0 Å². The predicted molar refractivity (Wildman–Crippen MR) is 54.2 cm³/mol. The fourth-order valence-corrected chi connectivity index (χ4v) is 1.44. The molecule has 0 saturated heterocycles. The van der Waals surface area contributed by atoms with Gasteiger partial charge in [0.2, 0.25) is 0 Å². The van der Waals surface area contributed by atoms with Crippen LogP contribution >= 0.6 is 11.6 Å². The maximum atomic E-state index is 13.3. The van der Waals surface area contributed by atoms with Crippen molar-refractivity contribution >= 4 is 17.6 Å². The van der Waals surface area contributed by atoms with Gasteiger partial charge in [-0.25, -0.2) is 8.78 Å². The summed E-state index contributed by atoms with van der Waals surface area (Å²) in [5, 5.41) is 8.36. The molecule has 0 amide bonds. The molecule has 6 heteroatoms. The summed E-state index contributed by atoms with van der Waals surface area (Å²) in [4.78, 5) is 10.3. The molecule has 0 radical (unpaired) electrons. The number of rotatable bonds is 4. The van der Waals surface area contributed by atoms with E-state index in [2.05, 4.69) is 0 Å². The van der Waals surface area contributed by atoms with Crippen molar-refractivity contribution in [2.75, 3.05) is 7.11 Å². The lowest BCUT2D eigenvalue weighted by Crippen LogP contribution is -2.18. The van der Waals surface area contributed by atoms with Crippen LogP contribution in [-0.2, 0) is 10.7 Å². The number of alkyl halides is 2. The molecule has 0 aliphatic rings. The highest BCUT2D eigenvalue weighted by Crippen LogP contribution is 2.35. The van der Waals surface area contributed by atoms with Crippen LogP contribution < -0.4 is 4.74 Å². The molecule has 0 aliphatic carbocycles. The van der Waals surface area contributed by atoms with Crippen molar-refractivity contribution in [2.24, 2.45) is 0 Å². The first-order valence-electron chi connectivity index (χ1n) is 4.30. The third kappa shape index (κ3) is 2.82. The molecular weight excluding hydrogens is 242 g/mol. The van der Waals surface area contributed by atoms with Crippen molar-refractivity contribution in [1.82, 2.24) is 0 Å². The number of carbonyl (C=O) groups is 1. The minimum atomic E-state index is -3.44. The van der Waals surface area contributed by atoms with Gasteiger partial charge in [-0.1, -0.05) is 11.6 Å². The Bertz CT molecular complexity index is 407. The number of carboxylic acid groups (broad SMARTS) is 1. The number of hydrogen-bond acceptors (Lipinski definition) is 2. The van der Waals surface area contributed by atoms with E-state index in [-0.39, 0.29) is 10.8 Å². The number of methoxy groups -OCH3 is 1. The van der Waals surface area contributed by atoms with Gasteiger partial charge in [-0.2, -0.15) is 0 Å². The van der Waals surface area contributed by atoms with E-state index in [4.69, 9.17) is 21.4 Å². The monoisotopic (exact) mass is 250 g/mol. The van der Waals surface area contributed by atoms with Gasteiger partial charge < -0.3 is 9.84 Å². The molecule has 0 aliphatic heterocycles. The van der Waals surface area contributed by atoms with E-state index in [0.29, 0.717) is 0 Å². The summed E-state index contributed by atoms with van der Waals surface area (Å²) in [6.45, 7) is 0. The van der Waals surface area contributed by atoms with E-state index < -0.39 is 23.9 Å². The number of aliphatic carboxylic acids is 1. The second-order valence-corrected chi connectivity index (χ2v) is 3.53. The molecule has 0 bridgehead atoms. The molecule has 0 unspecified atom stereocenters. The largest absolute Gasteiger partial charge is 0.495 e. The highest BCUT2D eigenvalue weighted by atomic mass is 35.5. The van der Waals surface area contributed by atoms with Crippen LogP contribution in [0, 0.1) is 0 Å². The van der Waals surface area contributed by atoms with Crippen molar-refractivity contribution in [1.29, 1.82) is 0 Å². The summed E-state index contributed by atoms with van der Waals surface area (Å²) < 4.78 is 31.5. The zero-order valence-electron chi connectivity index (χ0n) is 8.34. The van der Waals surface area contributed by atoms with Gasteiger partial charge in [-0.15, -0.1) is 0 Å². The van der Waals surface area contributed by atoms with Gasteiger partial charge in [0, 0.05) is 5.56 Å². The average molecular weight is 251 g/mol. The molecule has 0 spiro atoms. The molecule has 1 rings (SSSR count). The molecule has 0 atom stereocenters. The maximum absolute atomic E-state index is 13.3. The van der Waals surface area contributed by atoms with Gasteiger partial charge in [-0.05, 0) is 18.2 Å². The summed E-state index contributed by atoms with van der Waals surface area (Å²) in [6, 6.07) is 3.37. The summed E-state index contributed by atoms with van der Waals surface area (Å²) >= 11 is 5.67. The number of hydrogen-bond donors (Lipinski definition) is 1. The minimum absolute atomic E-state index is 0.0186. The summed E-state index contributed by atoms with van der Waals surface area (Å²) in [5.74, 6) is -4.75. The fourth-order valence-electron chi connectivity index (χ4n) is 1.19. The highest BCUT2D eigenvalue weighted by Gasteiger charge is 2.35. The first-order chi connectivity index (χ1) is 7.36. The Morgan fingerprint density at radius 2 is 2.19 bits per heavy atom. The molecule has 16 heavy (non-hydrogen) atoms. The van der Waals surface area contributed by atoms with Crippen molar-refractivity contribution in [2.45, 2.75) is 12.3 Å². The smallest absolute Gasteiger partial charge is 0.309 e. The molecule has 88 valence electrons. The summed E-state index contributed by atoms with van der Waals surface area (Å²) in [6.07, 6.45) is -1.27. The predicted octanol–water partition coefficient (Wildman–Crippen LogP) is 2.92. The molecule has 1 aromatic carbocycles. The first-order valence-corrected chi connectivity index (χ1v) is 4.68.